The Labute approximate surface area is 190 Å². The van der Waals surface area contributed by atoms with Crippen molar-refractivity contribution in [2.45, 2.75) is 0 Å². The van der Waals surface area contributed by atoms with Crippen LogP contribution in [-0.4, -0.2) is 33.6 Å². The molecule has 0 spiro atoms. The Hall–Kier alpha value is -3.20. The molecule has 2 aromatic carbocycles. The van der Waals surface area contributed by atoms with Gasteiger partial charge in [0.1, 0.15) is 0 Å². The first-order valence-corrected chi connectivity index (χ1v) is 10.6. The number of anilines is 1. The second-order valence-electron chi connectivity index (χ2n) is 6.31. The van der Waals surface area contributed by atoms with E-state index in [1.807, 2.05) is 5.38 Å². The van der Waals surface area contributed by atoms with Crippen LogP contribution in [0.1, 0.15) is 15.9 Å². The number of halogens is 2. The van der Waals surface area contributed by atoms with Crippen molar-refractivity contribution in [1.82, 2.24) is 14.6 Å². The van der Waals surface area contributed by atoms with Gasteiger partial charge in [0.05, 0.1) is 23.4 Å². The average Bonchev–Trinajstić information content (AvgIpc) is 3.32. The lowest BCUT2D eigenvalue weighted by molar-refractivity contribution is -0.111. The molecule has 0 radical (unpaired) electrons. The zero-order valence-electron chi connectivity index (χ0n) is 16.0. The number of hydrogen-bond donors (Lipinski definition) is 1. The second-order valence-corrected chi connectivity index (χ2v) is 7.99. The molecule has 0 aliphatic rings. The van der Waals surface area contributed by atoms with Crippen LogP contribution < -0.4 is 5.32 Å². The van der Waals surface area contributed by atoms with E-state index >= 15 is 0 Å². The van der Waals surface area contributed by atoms with Crippen molar-refractivity contribution in [2.24, 2.45) is 0 Å². The summed E-state index contributed by atoms with van der Waals surface area (Å²) in [5.74, 6) is -0.631. The van der Waals surface area contributed by atoms with Gasteiger partial charge in [-0.15, -0.1) is 16.4 Å². The molecule has 7 nitrogen and oxygen atoms in total. The molecule has 1 amide bonds. The van der Waals surface area contributed by atoms with Gasteiger partial charge in [-0.1, -0.05) is 35.3 Å². The summed E-state index contributed by atoms with van der Waals surface area (Å²) in [5.41, 5.74) is 2.69. The van der Waals surface area contributed by atoms with E-state index in [-0.39, 0.29) is 11.9 Å². The Balaban J connectivity index is 1.48. The third-order valence-corrected chi connectivity index (χ3v) is 5.65. The molecule has 0 aliphatic heterocycles. The highest BCUT2D eigenvalue weighted by Crippen LogP contribution is 2.33. The molecule has 2 aromatic heterocycles. The van der Waals surface area contributed by atoms with Gasteiger partial charge < -0.3 is 4.74 Å². The fourth-order valence-corrected chi connectivity index (χ4v) is 4.12. The Morgan fingerprint density at radius 2 is 1.94 bits per heavy atom. The first-order chi connectivity index (χ1) is 14.9. The summed E-state index contributed by atoms with van der Waals surface area (Å²) in [5, 5.41) is 9.91. The number of carbonyl (C=O) groups is 2. The number of ether oxygens (including phenoxy) is 1. The smallest absolute Gasteiger partial charge is 0.337 e. The minimum Gasteiger partial charge on any atom is -0.465 e. The Morgan fingerprint density at radius 1 is 1.16 bits per heavy atom. The molecule has 31 heavy (non-hydrogen) atoms. The monoisotopic (exact) mass is 472 g/mol. The SMILES string of the molecule is COC(=O)c1ccc(/C=C/C(=O)Nc2nc3scc(-c4ccc(Cl)cc4Cl)n3n2)cc1. The van der Waals surface area contributed by atoms with Crippen LogP contribution in [0.25, 0.3) is 22.3 Å². The third-order valence-electron chi connectivity index (χ3n) is 4.28. The molecule has 1 N–H and O–H groups in total. The molecule has 0 bridgehead atoms. The second kappa shape index (κ2) is 8.89. The van der Waals surface area contributed by atoms with Crippen molar-refractivity contribution >= 4 is 63.4 Å². The molecular weight excluding hydrogens is 459 g/mol. The van der Waals surface area contributed by atoms with E-state index in [9.17, 15) is 9.59 Å². The Morgan fingerprint density at radius 3 is 2.65 bits per heavy atom. The van der Waals surface area contributed by atoms with Crippen LogP contribution in [-0.2, 0) is 9.53 Å². The molecule has 0 unspecified atom stereocenters. The molecule has 0 atom stereocenters. The van der Waals surface area contributed by atoms with Gasteiger partial charge >= 0.3 is 5.97 Å². The summed E-state index contributed by atoms with van der Waals surface area (Å²) in [6.45, 7) is 0. The van der Waals surface area contributed by atoms with Crippen molar-refractivity contribution in [3.63, 3.8) is 0 Å². The third kappa shape index (κ3) is 4.61. The van der Waals surface area contributed by atoms with Crippen molar-refractivity contribution in [2.75, 3.05) is 12.4 Å². The van der Waals surface area contributed by atoms with Crippen LogP contribution in [0, 0.1) is 0 Å². The molecule has 10 heteroatoms. The molecule has 0 saturated carbocycles. The average molecular weight is 473 g/mol. The highest BCUT2D eigenvalue weighted by Gasteiger charge is 2.15. The lowest BCUT2D eigenvalue weighted by Crippen LogP contribution is -2.09. The standard InChI is InChI=1S/C21H14Cl2N4O3S/c1-30-19(29)13-5-2-12(3-6-13)4-9-18(28)24-20-25-21-27(26-20)17(11-31-21)15-8-7-14(22)10-16(15)23/h2-11H,1H3,(H,24,26,28)/b9-4+. The minimum atomic E-state index is -0.418. The molecular formula is C21H14Cl2N4O3S. The van der Waals surface area contributed by atoms with Gasteiger partial charge in [0, 0.05) is 22.0 Å². The van der Waals surface area contributed by atoms with Gasteiger partial charge in [-0.25, -0.2) is 9.31 Å². The van der Waals surface area contributed by atoms with E-state index < -0.39 is 5.97 Å². The van der Waals surface area contributed by atoms with Crippen LogP contribution in [0.3, 0.4) is 0 Å². The van der Waals surface area contributed by atoms with Crippen LogP contribution >= 0.6 is 34.5 Å². The Bertz CT molecular complexity index is 1310. The van der Waals surface area contributed by atoms with E-state index in [2.05, 4.69) is 20.1 Å². The van der Waals surface area contributed by atoms with Gasteiger partial charge in [-0.05, 0) is 42.0 Å². The number of aromatic nitrogens is 3. The number of thiazole rings is 1. The lowest BCUT2D eigenvalue weighted by atomic mass is 10.1. The largest absolute Gasteiger partial charge is 0.465 e. The highest BCUT2D eigenvalue weighted by molar-refractivity contribution is 7.15. The zero-order chi connectivity index (χ0) is 22.0. The van der Waals surface area contributed by atoms with Crippen molar-refractivity contribution in [3.8, 4) is 11.3 Å². The summed E-state index contributed by atoms with van der Waals surface area (Å²) in [7, 11) is 1.32. The first-order valence-electron chi connectivity index (χ1n) is 8.92. The zero-order valence-corrected chi connectivity index (χ0v) is 18.3. The molecule has 0 aliphatic carbocycles. The van der Waals surface area contributed by atoms with Crippen molar-refractivity contribution < 1.29 is 14.3 Å². The van der Waals surface area contributed by atoms with Crippen LogP contribution in [0.5, 0.6) is 0 Å². The van der Waals surface area contributed by atoms with E-state index in [0.717, 1.165) is 16.8 Å². The summed E-state index contributed by atoms with van der Waals surface area (Å²) < 4.78 is 6.27. The van der Waals surface area contributed by atoms with Gasteiger partial charge in [0.15, 0.2) is 0 Å². The molecule has 4 aromatic rings. The minimum absolute atomic E-state index is 0.175. The van der Waals surface area contributed by atoms with Gasteiger partial charge in [0.25, 0.3) is 11.9 Å². The summed E-state index contributed by atoms with van der Waals surface area (Å²) in [6, 6.07) is 11.9. The number of rotatable bonds is 5. The molecule has 2 heterocycles. The maximum absolute atomic E-state index is 12.3. The van der Waals surface area contributed by atoms with Crippen molar-refractivity contribution in [1.29, 1.82) is 0 Å². The topological polar surface area (TPSA) is 85.6 Å². The van der Waals surface area contributed by atoms with Crippen LogP contribution in [0.15, 0.2) is 53.9 Å². The normalized spacial score (nSPS) is 11.2. The predicted molar refractivity (Wildman–Crippen MR) is 122 cm³/mol. The maximum Gasteiger partial charge on any atom is 0.337 e. The lowest BCUT2D eigenvalue weighted by Gasteiger charge is -2.02. The molecule has 4 rings (SSSR count). The molecule has 0 fully saturated rings. The summed E-state index contributed by atoms with van der Waals surface area (Å²) in [6.07, 6.45) is 2.98. The number of methoxy groups -OCH3 is 1. The van der Waals surface area contributed by atoms with Crippen molar-refractivity contribution in [3.05, 3.63) is 75.1 Å². The van der Waals surface area contributed by atoms with E-state index in [1.165, 1.54) is 24.5 Å². The fourth-order valence-electron chi connectivity index (χ4n) is 2.79. The number of carbonyl (C=O) groups excluding carboxylic acids is 2. The first kappa shape index (κ1) is 21.0. The fraction of sp³-hybridized carbons (Fsp3) is 0.0476. The molecule has 0 saturated heterocycles. The highest BCUT2D eigenvalue weighted by atomic mass is 35.5. The van der Waals surface area contributed by atoms with Gasteiger partial charge in [0.2, 0.25) is 4.96 Å². The predicted octanol–water partition coefficient (Wildman–Crippen LogP) is 5.20. The number of fused-ring (bicyclic) bond motifs is 1. The number of benzene rings is 2. The number of esters is 1. The molecule has 156 valence electrons. The number of nitrogens with zero attached hydrogens (tertiary/aromatic N) is 3. The van der Waals surface area contributed by atoms with E-state index in [1.54, 1.807) is 53.1 Å². The summed E-state index contributed by atoms with van der Waals surface area (Å²) in [4.78, 5) is 28.7. The Kier molecular flexibility index (Phi) is 6.03. The van der Waals surface area contributed by atoms with Crippen LogP contribution in [0.2, 0.25) is 10.0 Å². The quantitative estimate of drug-likeness (QED) is 0.318. The van der Waals surface area contributed by atoms with Gasteiger partial charge in [-0.3, -0.25) is 10.1 Å². The van der Waals surface area contributed by atoms with E-state index in [4.69, 9.17) is 23.2 Å². The van der Waals surface area contributed by atoms with E-state index in [0.29, 0.717) is 20.6 Å². The van der Waals surface area contributed by atoms with Crippen LogP contribution in [0.4, 0.5) is 5.95 Å². The maximum atomic E-state index is 12.3. The number of amides is 1. The van der Waals surface area contributed by atoms with Gasteiger partial charge in [-0.2, -0.15) is 4.98 Å². The number of hydrogen-bond acceptors (Lipinski definition) is 6. The summed E-state index contributed by atoms with van der Waals surface area (Å²) >= 11 is 13.6. The number of nitrogens with one attached hydrogen (secondary N) is 1.